The van der Waals surface area contributed by atoms with Crippen molar-refractivity contribution in [2.75, 3.05) is 7.05 Å². The first-order chi connectivity index (χ1) is 7.19. The van der Waals surface area contributed by atoms with Crippen LogP contribution in [0.1, 0.15) is 30.0 Å². The van der Waals surface area contributed by atoms with Crippen molar-refractivity contribution in [2.45, 2.75) is 25.8 Å². The van der Waals surface area contributed by atoms with Crippen LogP contribution in [0.15, 0.2) is 30.9 Å². The lowest BCUT2D eigenvalue weighted by Gasteiger charge is -2.16. The van der Waals surface area contributed by atoms with Crippen LogP contribution in [-0.2, 0) is 0 Å². The maximum atomic E-state index is 13.4. The van der Waals surface area contributed by atoms with E-state index in [9.17, 15) is 4.39 Å². The number of nitrogens with one attached hydrogen (secondary N) is 1. The molecule has 2 heteroatoms. The third kappa shape index (κ3) is 3.17. The van der Waals surface area contributed by atoms with E-state index in [0.717, 1.165) is 18.4 Å². The van der Waals surface area contributed by atoms with Gasteiger partial charge in [-0.25, -0.2) is 4.39 Å². The van der Waals surface area contributed by atoms with Gasteiger partial charge in [0.1, 0.15) is 5.82 Å². The second kappa shape index (κ2) is 5.66. The minimum Gasteiger partial charge on any atom is -0.313 e. The van der Waals surface area contributed by atoms with Crippen LogP contribution in [0.2, 0.25) is 0 Å². The lowest BCUT2D eigenvalue weighted by atomic mass is 10.0. The monoisotopic (exact) mass is 207 g/mol. The molecule has 0 amide bonds. The zero-order valence-electron chi connectivity index (χ0n) is 9.39. The smallest absolute Gasteiger partial charge is 0.126 e. The number of hydrogen-bond donors (Lipinski definition) is 1. The summed E-state index contributed by atoms with van der Waals surface area (Å²) in [6.07, 6.45) is 3.76. The summed E-state index contributed by atoms with van der Waals surface area (Å²) in [5, 5.41) is 3.19. The van der Waals surface area contributed by atoms with Gasteiger partial charge in [-0.15, -0.1) is 6.58 Å². The maximum absolute atomic E-state index is 13.4. The third-order valence-corrected chi connectivity index (χ3v) is 2.61. The Morgan fingerprint density at radius 1 is 1.53 bits per heavy atom. The standard InChI is InChI=1S/C13H18FN/c1-4-5-6-13(15-3)11-8-7-10(2)12(14)9-11/h4,7-9,13,15H,1,5-6H2,2-3H3. The highest BCUT2D eigenvalue weighted by molar-refractivity contribution is 5.25. The molecule has 0 aliphatic rings. The number of hydrogen-bond acceptors (Lipinski definition) is 1. The van der Waals surface area contributed by atoms with Crippen LogP contribution < -0.4 is 5.32 Å². The van der Waals surface area contributed by atoms with E-state index in [1.54, 1.807) is 13.0 Å². The maximum Gasteiger partial charge on any atom is 0.126 e. The topological polar surface area (TPSA) is 12.0 Å². The Morgan fingerprint density at radius 2 is 2.27 bits per heavy atom. The van der Waals surface area contributed by atoms with E-state index in [2.05, 4.69) is 11.9 Å². The molecular weight excluding hydrogens is 189 g/mol. The molecule has 0 heterocycles. The first-order valence-electron chi connectivity index (χ1n) is 5.23. The molecule has 0 radical (unpaired) electrons. The van der Waals surface area contributed by atoms with Crippen LogP contribution in [0.3, 0.4) is 0 Å². The lowest BCUT2D eigenvalue weighted by Crippen LogP contribution is -2.16. The molecular formula is C13H18FN. The summed E-state index contributed by atoms with van der Waals surface area (Å²) >= 11 is 0. The minimum absolute atomic E-state index is 0.133. The van der Waals surface area contributed by atoms with Gasteiger partial charge >= 0.3 is 0 Å². The van der Waals surface area contributed by atoms with Crippen LogP contribution >= 0.6 is 0 Å². The van der Waals surface area contributed by atoms with E-state index in [-0.39, 0.29) is 11.9 Å². The Kier molecular flexibility index (Phi) is 4.50. The van der Waals surface area contributed by atoms with Crippen molar-refractivity contribution in [3.05, 3.63) is 47.8 Å². The molecule has 1 aromatic carbocycles. The second-order valence-corrected chi connectivity index (χ2v) is 3.72. The summed E-state index contributed by atoms with van der Waals surface area (Å²) < 4.78 is 13.4. The van der Waals surface area contributed by atoms with Crippen LogP contribution in [0, 0.1) is 12.7 Å². The van der Waals surface area contributed by atoms with Crippen molar-refractivity contribution >= 4 is 0 Å². The second-order valence-electron chi connectivity index (χ2n) is 3.72. The fourth-order valence-electron chi connectivity index (χ4n) is 1.59. The fraction of sp³-hybridized carbons (Fsp3) is 0.385. The van der Waals surface area contributed by atoms with Crippen molar-refractivity contribution in [1.29, 1.82) is 0 Å². The molecule has 0 aliphatic heterocycles. The summed E-state index contributed by atoms with van der Waals surface area (Å²) in [6, 6.07) is 5.61. The van der Waals surface area contributed by atoms with Crippen LogP contribution in [-0.4, -0.2) is 7.05 Å². The van der Waals surface area contributed by atoms with E-state index in [1.807, 2.05) is 25.3 Å². The van der Waals surface area contributed by atoms with Gasteiger partial charge in [0, 0.05) is 6.04 Å². The zero-order chi connectivity index (χ0) is 11.3. The summed E-state index contributed by atoms with van der Waals surface area (Å²) in [5.74, 6) is -0.133. The van der Waals surface area contributed by atoms with Crippen LogP contribution in [0.5, 0.6) is 0 Å². The van der Waals surface area contributed by atoms with E-state index in [1.165, 1.54) is 0 Å². The molecule has 0 fully saturated rings. The average molecular weight is 207 g/mol. The molecule has 15 heavy (non-hydrogen) atoms. The van der Waals surface area contributed by atoms with Gasteiger partial charge < -0.3 is 5.32 Å². The Hall–Kier alpha value is -1.15. The highest BCUT2D eigenvalue weighted by atomic mass is 19.1. The lowest BCUT2D eigenvalue weighted by molar-refractivity contribution is 0.545. The number of aryl methyl sites for hydroxylation is 1. The van der Waals surface area contributed by atoms with Gasteiger partial charge in [0.15, 0.2) is 0 Å². The highest BCUT2D eigenvalue weighted by Crippen LogP contribution is 2.20. The summed E-state index contributed by atoms with van der Waals surface area (Å²) in [7, 11) is 1.89. The average Bonchev–Trinajstić information content (AvgIpc) is 2.24. The van der Waals surface area contributed by atoms with Crippen LogP contribution in [0.25, 0.3) is 0 Å². The van der Waals surface area contributed by atoms with Gasteiger partial charge in [-0.05, 0) is 44.0 Å². The van der Waals surface area contributed by atoms with E-state index in [0.29, 0.717) is 5.56 Å². The number of benzene rings is 1. The van der Waals surface area contributed by atoms with Gasteiger partial charge in [-0.2, -0.15) is 0 Å². The van der Waals surface area contributed by atoms with Gasteiger partial charge in [0.05, 0.1) is 0 Å². The van der Waals surface area contributed by atoms with Gasteiger partial charge in [-0.1, -0.05) is 18.2 Å². The molecule has 1 unspecified atom stereocenters. The molecule has 0 aliphatic carbocycles. The quantitative estimate of drug-likeness (QED) is 0.730. The van der Waals surface area contributed by atoms with Crippen molar-refractivity contribution in [1.82, 2.24) is 5.32 Å². The first kappa shape index (κ1) is 11.9. The Balaban J connectivity index is 2.82. The Labute approximate surface area is 91.0 Å². The van der Waals surface area contributed by atoms with E-state index in [4.69, 9.17) is 0 Å². The van der Waals surface area contributed by atoms with Gasteiger partial charge in [0.25, 0.3) is 0 Å². The molecule has 0 saturated carbocycles. The molecule has 82 valence electrons. The van der Waals surface area contributed by atoms with Crippen LogP contribution in [0.4, 0.5) is 4.39 Å². The zero-order valence-corrected chi connectivity index (χ0v) is 9.39. The molecule has 1 rings (SSSR count). The Bertz CT molecular complexity index is 333. The molecule has 1 N–H and O–H groups in total. The van der Waals surface area contributed by atoms with E-state index >= 15 is 0 Å². The molecule has 0 bridgehead atoms. The SMILES string of the molecule is C=CCCC(NC)c1ccc(C)c(F)c1. The molecule has 1 atom stereocenters. The number of allylic oxidation sites excluding steroid dienone is 1. The minimum atomic E-state index is -0.133. The summed E-state index contributed by atoms with van der Waals surface area (Å²) in [4.78, 5) is 0. The first-order valence-corrected chi connectivity index (χ1v) is 5.23. The van der Waals surface area contributed by atoms with Gasteiger partial charge in [0.2, 0.25) is 0 Å². The van der Waals surface area contributed by atoms with Crippen molar-refractivity contribution in [2.24, 2.45) is 0 Å². The predicted octanol–water partition coefficient (Wildman–Crippen LogP) is 3.36. The fourth-order valence-corrected chi connectivity index (χ4v) is 1.59. The summed E-state index contributed by atoms with van der Waals surface area (Å²) in [6.45, 7) is 5.47. The Morgan fingerprint density at radius 3 is 2.80 bits per heavy atom. The van der Waals surface area contributed by atoms with Crippen molar-refractivity contribution < 1.29 is 4.39 Å². The summed E-state index contributed by atoms with van der Waals surface area (Å²) in [5.41, 5.74) is 1.69. The largest absolute Gasteiger partial charge is 0.313 e. The normalized spacial score (nSPS) is 12.5. The molecule has 0 aromatic heterocycles. The predicted molar refractivity (Wildman–Crippen MR) is 62.4 cm³/mol. The molecule has 0 saturated heterocycles. The molecule has 1 aromatic rings. The number of halogens is 1. The van der Waals surface area contributed by atoms with Gasteiger partial charge in [-0.3, -0.25) is 0 Å². The molecule has 1 nitrogen and oxygen atoms in total. The highest BCUT2D eigenvalue weighted by Gasteiger charge is 2.09. The molecule has 0 spiro atoms. The van der Waals surface area contributed by atoms with Crippen molar-refractivity contribution in [3.63, 3.8) is 0 Å². The number of rotatable bonds is 5. The van der Waals surface area contributed by atoms with E-state index < -0.39 is 0 Å². The third-order valence-electron chi connectivity index (χ3n) is 2.61. The van der Waals surface area contributed by atoms with Crippen molar-refractivity contribution in [3.8, 4) is 0 Å².